The summed E-state index contributed by atoms with van der Waals surface area (Å²) in [4.78, 5) is 26.1. The van der Waals surface area contributed by atoms with Gasteiger partial charge in [-0.1, -0.05) is 41.9 Å². The number of hydrogen-bond donors (Lipinski definition) is 1. The van der Waals surface area contributed by atoms with Gasteiger partial charge in [-0.15, -0.1) is 0 Å². The number of likely N-dealkylation sites (tertiary alicyclic amines) is 1. The van der Waals surface area contributed by atoms with Crippen LogP contribution in [-0.4, -0.2) is 45.6 Å². The number of carbonyl (C=O) groups is 2. The van der Waals surface area contributed by atoms with Gasteiger partial charge < -0.3 is 14.6 Å². The van der Waals surface area contributed by atoms with Crippen LogP contribution in [0.25, 0.3) is 22.3 Å². The molecule has 0 radical (unpaired) electrons. The van der Waals surface area contributed by atoms with E-state index in [1.165, 1.54) is 0 Å². The van der Waals surface area contributed by atoms with E-state index in [0.29, 0.717) is 30.4 Å². The fourth-order valence-corrected chi connectivity index (χ4v) is 4.66. The molecule has 1 saturated heterocycles. The van der Waals surface area contributed by atoms with E-state index in [2.05, 4.69) is 10.4 Å². The molecule has 2 aromatic carbocycles. The van der Waals surface area contributed by atoms with Crippen molar-refractivity contribution >= 4 is 34.4 Å². The molecule has 174 valence electrons. The lowest BCUT2D eigenvalue weighted by Crippen LogP contribution is -2.38. The number of carbonyl (C=O) groups excluding carboxylic acids is 2. The summed E-state index contributed by atoms with van der Waals surface area (Å²) in [6, 6.07) is 17.4. The zero-order valence-electron chi connectivity index (χ0n) is 19.0. The molecule has 34 heavy (non-hydrogen) atoms. The van der Waals surface area contributed by atoms with E-state index in [-0.39, 0.29) is 17.9 Å². The molecule has 0 saturated carbocycles. The topological polar surface area (TPSA) is 80.4 Å². The molecule has 8 heteroatoms. The molecule has 3 heterocycles. The molecule has 1 N–H and O–H groups in total. The Labute approximate surface area is 202 Å². The summed E-state index contributed by atoms with van der Waals surface area (Å²) in [7, 11) is 0. The Bertz CT molecular complexity index is 1380. The third-order valence-electron chi connectivity index (χ3n) is 6.22. The van der Waals surface area contributed by atoms with Crippen LogP contribution in [0.15, 0.2) is 59.0 Å². The van der Waals surface area contributed by atoms with Crippen molar-refractivity contribution in [2.45, 2.75) is 32.9 Å². The predicted octanol–water partition coefficient (Wildman–Crippen LogP) is 4.66. The van der Waals surface area contributed by atoms with Crippen LogP contribution in [0.2, 0.25) is 5.02 Å². The number of nitrogens with zero attached hydrogens (tertiary/aromatic N) is 3. The predicted molar refractivity (Wildman–Crippen MR) is 131 cm³/mol. The van der Waals surface area contributed by atoms with Crippen LogP contribution in [0.3, 0.4) is 0 Å². The van der Waals surface area contributed by atoms with Crippen LogP contribution in [0, 0.1) is 6.92 Å². The van der Waals surface area contributed by atoms with Crippen molar-refractivity contribution in [2.75, 3.05) is 13.1 Å². The van der Waals surface area contributed by atoms with Gasteiger partial charge in [-0.3, -0.25) is 14.3 Å². The van der Waals surface area contributed by atoms with Crippen molar-refractivity contribution in [2.24, 2.45) is 0 Å². The fraction of sp³-hybridized carbons (Fsp3) is 0.269. The first kappa shape index (κ1) is 22.2. The minimum Gasteiger partial charge on any atom is -0.456 e. The van der Waals surface area contributed by atoms with Gasteiger partial charge in [0.15, 0.2) is 0 Å². The zero-order valence-corrected chi connectivity index (χ0v) is 19.8. The maximum atomic E-state index is 12.8. The average Bonchev–Trinajstić information content (AvgIpc) is 3.53. The summed E-state index contributed by atoms with van der Waals surface area (Å²) in [5, 5.41) is 9.07. The zero-order chi connectivity index (χ0) is 23.8. The number of hydrogen-bond acceptors (Lipinski definition) is 4. The molecule has 1 aliphatic rings. The Balaban J connectivity index is 1.38. The first-order valence-electron chi connectivity index (χ1n) is 11.3. The summed E-state index contributed by atoms with van der Waals surface area (Å²) in [5.74, 6) is 0.559. The minimum absolute atomic E-state index is 0.0260. The highest BCUT2D eigenvalue weighted by Gasteiger charge is 2.26. The molecule has 0 unspecified atom stereocenters. The van der Waals surface area contributed by atoms with Crippen LogP contribution in [-0.2, 0) is 11.3 Å². The minimum atomic E-state index is -0.238. The summed E-state index contributed by atoms with van der Waals surface area (Å²) in [5.41, 5.74) is 3.83. The molecular formula is C26H25ClN4O3. The molecule has 4 aromatic rings. The molecule has 0 aliphatic carbocycles. The number of fused-ring (bicyclic) bond motifs is 1. The van der Waals surface area contributed by atoms with Gasteiger partial charge in [0, 0.05) is 53.3 Å². The van der Waals surface area contributed by atoms with Crippen molar-refractivity contribution in [1.29, 1.82) is 0 Å². The highest BCUT2D eigenvalue weighted by atomic mass is 35.5. The number of amides is 2. The van der Waals surface area contributed by atoms with E-state index >= 15 is 0 Å². The molecule has 7 nitrogen and oxygen atoms in total. The van der Waals surface area contributed by atoms with Crippen molar-refractivity contribution in [3.05, 3.63) is 76.6 Å². The van der Waals surface area contributed by atoms with Gasteiger partial charge in [0.25, 0.3) is 5.91 Å². The molecule has 2 aromatic heterocycles. The lowest BCUT2D eigenvalue weighted by atomic mass is 10.1. The van der Waals surface area contributed by atoms with Crippen LogP contribution in [0.5, 0.6) is 0 Å². The molecule has 5 rings (SSSR count). The van der Waals surface area contributed by atoms with Crippen molar-refractivity contribution in [3.63, 3.8) is 0 Å². The molecule has 0 bridgehead atoms. The van der Waals surface area contributed by atoms with E-state index in [9.17, 15) is 9.59 Å². The van der Waals surface area contributed by atoms with E-state index in [1.54, 1.807) is 22.6 Å². The second kappa shape index (κ2) is 8.99. The molecule has 0 spiro atoms. The number of aromatic nitrogens is 2. The molecule has 2 amide bonds. The van der Waals surface area contributed by atoms with Gasteiger partial charge in [-0.2, -0.15) is 5.10 Å². The van der Waals surface area contributed by atoms with Crippen LogP contribution >= 0.6 is 11.6 Å². The number of aryl methyl sites for hydroxylation is 1. The number of furan rings is 1. The lowest BCUT2D eigenvalue weighted by molar-refractivity contribution is -0.127. The van der Waals surface area contributed by atoms with E-state index in [0.717, 1.165) is 40.0 Å². The summed E-state index contributed by atoms with van der Waals surface area (Å²) in [6.45, 7) is 5.07. The second-order valence-corrected chi connectivity index (χ2v) is 9.15. The number of nitrogens with one attached hydrogen (secondary N) is 1. The largest absolute Gasteiger partial charge is 0.456 e. The van der Waals surface area contributed by atoms with Crippen LogP contribution in [0.4, 0.5) is 0 Å². The Morgan fingerprint density at radius 3 is 2.71 bits per heavy atom. The highest BCUT2D eigenvalue weighted by Crippen LogP contribution is 2.32. The quantitative estimate of drug-likeness (QED) is 0.454. The summed E-state index contributed by atoms with van der Waals surface area (Å²) < 4.78 is 7.99. The fourth-order valence-electron chi connectivity index (χ4n) is 4.41. The Morgan fingerprint density at radius 2 is 1.97 bits per heavy atom. The van der Waals surface area contributed by atoms with Crippen molar-refractivity contribution in [1.82, 2.24) is 20.0 Å². The SMILES string of the molecule is CC(=O)N1CC[C@@H](NC(=O)c2cc(C)n(Cc3cc(Cl)cc4cc(-c5ccccc5)oc34)n2)C1. The van der Waals surface area contributed by atoms with Gasteiger partial charge in [0.05, 0.1) is 6.54 Å². The van der Waals surface area contributed by atoms with E-state index in [1.807, 2.05) is 55.5 Å². The Kier molecular flexibility index (Phi) is 5.87. The lowest BCUT2D eigenvalue weighted by Gasteiger charge is -2.14. The summed E-state index contributed by atoms with van der Waals surface area (Å²) in [6.07, 6.45) is 0.744. The normalized spacial score (nSPS) is 15.7. The van der Waals surface area contributed by atoms with Crippen molar-refractivity contribution in [3.8, 4) is 11.3 Å². The maximum Gasteiger partial charge on any atom is 0.272 e. The van der Waals surface area contributed by atoms with Crippen molar-refractivity contribution < 1.29 is 14.0 Å². The first-order valence-corrected chi connectivity index (χ1v) is 11.6. The highest BCUT2D eigenvalue weighted by molar-refractivity contribution is 6.31. The number of halogens is 1. The first-order chi connectivity index (χ1) is 16.4. The van der Waals surface area contributed by atoms with Gasteiger partial charge >= 0.3 is 0 Å². The van der Waals surface area contributed by atoms with Gasteiger partial charge in [0.1, 0.15) is 17.0 Å². The monoisotopic (exact) mass is 476 g/mol. The van der Waals surface area contributed by atoms with Gasteiger partial charge in [0.2, 0.25) is 5.91 Å². The number of benzene rings is 2. The van der Waals surface area contributed by atoms with Gasteiger partial charge in [-0.25, -0.2) is 0 Å². The average molecular weight is 477 g/mol. The molecule has 1 fully saturated rings. The second-order valence-electron chi connectivity index (χ2n) is 8.71. The third-order valence-corrected chi connectivity index (χ3v) is 6.44. The number of rotatable bonds is 5. The molecular weight excluding hydrogens is 452 g/mol. The Morgan fingerprint density at radius 1 is 1.18 bits per heavy atom. The van der Waals surface area contributed by atoms with Crippen LogP contribution in [0.1, 0.15) is 35.1 Å². The van der Waals surface area contributed by atoms with Crippen LogP contribution < -0.4 is 5.32 Å². The smallest absolute Gasteiger partial charge is 0.272 e. The molecule has 1 aliphatic heterocycles. The molecule has 1 atom stereocenters. The standard InChI is InChI=1S/C26H25ClN4O3/c1-16-10-23(26(33)28-22-8-9-30(15-22)17(2)32)29-31(16)14-20-12-21(27)11-19-13-24(34-25(19)20)18-6-4-3-5-7-18/h3-7,10-13,22H,8-9,14-15H2,1-2H3,(H,28,33)/t22-/m1/s1. The van der Waals surface area contributed by atoms with Gasteiger partial charge in [-0.05, 0) is 37.6 Å². The summed E-state index contributed by atoms with van der Waals surface area (Å²) >= 11 is 6.41. The Hall–Kier alpha value is -3.58. The third kappa shape index (κ3) is 4.43. The maximum absolute atomic E-state index is 12.8. The van der Waals surface area contributed by atoms with E-state index < -0.39 is 0 Å². The van der Waals surface area contributed by atoms with E-state index in [4.69, 9.17) is 16.0 Å².